The molecule has 3 N–H and O–H groups in total. The highest BCUT2D eigenvalue weighted by Crippen LogP contribution is 2.23. The van der Waals surface area contributed by atoms with Gasteiger partial charge in [-0.15, -0.1) is 5.10 Å². The zero-order chi connectivity index (χ0) is 12.5. The summed E-state index contributed by atoms with van der Waals surface area (Å²) in [4.78, 5) is 6.62. The fourth-order valence-corrected chi connectivity index (χ4v) is 2.36. The van der Waals surface area contributed by atoms with Crippen molar-refractivity contribution in [1.29, 1.82) is 0 Å². The third-order valence-electron chi connectivity index (χ3n) is 3.53. The van der Waals surface area contributed by atoms with E-state index in [1.807, 2.05) is 12.1 Å². The summed E-state index contributed by atoms with van der Waals surface area (Å²) in [6, 6.07) is 4.13. The van der Waals surface area contributed by atoms with Crippen LogP contribution in [0, 0.1) is 0 Å². The minimum absolute atomic E-state index is 0.185. The van der Waals surface area contributed by atoms with E-state index in [2.05, 4.69) is 27.0 Å². The van der Waals surface area contributed by atoms with Crippen LogP contribution in [0.2, 0.25) is 0 Å². The molecule has 6 heteroatoms. The van der Waals surface area contributed by atoms with E-state index >= 15 is 0 Å². The molecule has 18 heavy (non-hydrogen) atoms. The first kappa shape index (κ1) is 11.3. The number of H-pyrrole nitrogens is 1. The van der Waals surface area contributed by atoms with Crippen LogP contribution in [0.4, 0.5) is 5.95 Å². The van der Waals surface area contributed by atoms with Crippen molar-refractivity contribution in [3.05, 3.63) is 18.4 Å². The number of rotatable bonds is 2. The van der Waals surface area contributed by atoms with Crippen LogP contribution in [0.1, 0.15) is 19.8 Å². The Morgan fingerprint density at radius 2 is 2.44 bits per heavy atom. The molecule has 96 valence electrons. The van der Waals surface area contributed by atoms with Crippen molar-refractivity contribution in [2.24, 2.45) is 5.73 Å². The van der Waals surface area contributed by atoms with E-state index in [1.165, 1.54) is 0 Å². The summed E-state index contributed by atoms with van der Waals surface area (Å²) < 4.78 is 5.29. The number of hydrogen-bond acceptors (Lipinski definition) is 5. The van der Waals surface area contributed by atoms with Crippen LogP contribution in [0.5, 0.6) is 0 Å². The molecule has 2 atom stereocenters. The second-order valence-corrected chi connectivity index (χ2v) is 4.70. The summed E-state index contributed by atoms with van der Waals surface area (Å²) in [5.41, 5.74) is 6.08. The minimum atomic E-state index is 0.185. The van der Waals surface area contributed by atoms with E-state index in [1.54, 1.807) is 6.26 Å². The highest BCUT2D eigenvalue weighted by Gasteiger charge is 2.27. The van der Waals surface area contributed by atoms with Gasteiger partial charge in [0.1, 0.15) is 0 Å². The average molecular weight is 247 g/mol. The zero-order valence-corrected chi connectivity index (χ0v) is 10.3. The highest BCUT2D eigenvalue weighted by atomic mass is 16.3. The van der Waals surface area contributed by atoms with Gasteiger partial charge in [-0.3, -0.25) is 5.10 Å². The van der Waals surface area contributed by atoms with E-state index in [0.29, 0.717) is 17.5 Å². The Balaban J connectivity index is 1.84. The van der Waals surface area contributed by atoms with Crippen LogP contribution in [0.3, 0.4) is 0 Å². The summed E-state index contributed by atoms with van der Waals surface area (Å²) in [5.74, 6) is 2.05. The van der Waals surface area contributed by atoms with Gasteiger partial charge in [0.25, 0.3) is 0 Å². The zero-order valence-electron chi connectivity index (χ0n) is 10.3. The van der Waals surface area contributed by atoms with Gasteiger partial charge in [0.15, 0.2) is 11.6 Å². The van der Waals surface area contributed by atoms with Gasteiger partial charge in [0, 0.05) is 18.6 Å². The maximum Gasteiger partial charge on any atom is 0.245 e. The lowest BCUT2D eigenvalue weighted by Crippen LogP contribution is -2.50. The smallest absolute Gasteiger partial charge is 0.245 e. The lowest BCUT2D eigenvalue weighted by molar-refractivity contribution is 0.416. The fraction of sp³-hybridized carbons (Fsp3) is 0.500. The molecule has 0 saturated carbocycles. The average Bonchev–Trinajstić information content (AvgIpc) is 3.01. The first-order valence-electron chi connectivity index (χ1n) is 6.24. The van der Waals surface area contributed by atoms with Crippen molar-refractivity contribution in [3.8, 4) is 11.6 Å². The molecule has 2 unspecified atom stereocenters. The quantitative estimate of drug-likeness (QED) is 0.837. The van der Waals surface area contributed by atoms with Gasteiger partial charge in [-0.25, -0.2) is 0 Å². The normalized spacial score (nSPS) is 24.4. The van der Waals surface area contributed by atoms with Gasteiger partial charge in [-0.2, -0.15) is 4.98 Å². The molecule has 2 aromatic heterocycles. The second-order valence-electron chi connectivity index (χ2n) is 4.70. The van der Waals surface area contributed by atoms with Crippen molar-refractivity contribution in [2.45, 2.75) is 31.8 Å². The van der Waals surface area contributed by atoms with E-state index in [4.69, 9.17) is 10.2 Å². The lowest BCUT2D eigenvalue weighted by atomic mass is 9.99. The molecule has 1 saturated heterocycles. The molecule has 0 amide bonds. The summed E-state index contributed by atoms with van der Waals surface area (Å²) in [5, 5.41) is 7.16. The van der Waals surface area contributed by atoms with Crippen molar-refractivity contribution < 1.29 is 4.42 Å². The van der Waals surface area contributed by atoms with E-state index in [-0.39, 0.29) is 12.1 Å². The van der Waals surface area contributed by atoms with Crippen LogP contribution in [-0.2, 0) is 0 Å². The van der Waals surface area contributed by atoms with Crippen LogP contribution in [0.15, 0.2) is 22.8 Å². The lowest BCUT2D eigenvalue weighted by Gasteiger charge is -2.36. The molecule has 2 aromatic rings. The third kappa shape index (κ3) is 1.88. The number of aromatic nitrogens is 3. The number of hydrogen-bond donors (Lipinski definition) is 2. The molecular formula is C12H17N5O. The number of nitrogens with zero attached hydrogens (tertiary/aromatic N) is 3. The molecule has 0 bridgehead atoms. The molecule has 1 aliphatic rings. The van der Waals surface area contributed by atoms with Crippen molar-refractivity contribution in [2.75, 3.05) is 11.4 Å². The Morgan fingerprint density at radius 1 is 1.56 bits per heavy atom. The number of anilines is 1. The van der Waals surface area contributed by atoms with Crippen molar-refractivity contribution >= 4 is 5.95 Å². The molecule has 0 aliphatic carbocycles. The van der Waals surface area contributed by atoms with Crippen LogP contribution >= 0.6 is 0 Å². The topological polar surface area (TPSA) is 84.0 Å². The summed E-state index contributed by atoms with van der Waals surface area (Å²) in [6.07, 6.45) is 3.76. The number of piperidine rings is 1. The SMILES string of the molecule is CC1C(N)CCCN1c1n[nH]c(-c2ccco2)n1. The summed E-state index contributed by atoms with van der Waals surface area (Å²) in [7, 11) is 0. The maximum absolute atomic E-state index is 6.08. The predicted molar refractivity (Wildman–Crippen MR) is 68.1 cm³/mol. The Bertz CT molecular complexity index is 506. The van der Waals surface area contributed by atoms with Crippen LogP contribution in [0.25, 0.3) is 11.6 Å². The van der Waals surface area contributed by atoms with Crippen molar-refractivity contribution in [1.82, 2.24) is 15.2 Å². The van der Waals surface area contributed by atoms with E-state index < -0.39 is 0 Å². The first-order chi connectivity index (χ1) is 8.75. The molecule has 0 radical (unpaired) electrons. The van der Waals surface area contributed by atoms with Gasteiger partial charge in [0.05, 0.1) is 6.26 Å². The molecule has 1 fully saturated rings. The van der Waals surface area contributed by atoms with Gasteiger partial charge in [-0.1, -0.05) is 0 Å². The van der Waals surface area contributed by atoms with Gasteiger partial charge in [-0.05, 0) is 31.9 Å². The first-order valence-corrected chi connectivity index (χ1v) is 6.24. The number of nitrogens with one attached hydrogen (secondary N) is 1. The molecular weight excluding hydrogens is 230 g/mol. The second kappa shape index (κ2) is 4.45. The largest absolute Gasteiger partial charge is 0.461 e. The van der Waals surface area contributed by atoms with Gasteiger partial charge in [0.2, 0.25) is 5.95 Å². The Kier molecular flexibility index (Phi) is 2.79. The van der Waals surface area contributed by atoms with E-state index in [9.17, 15) is 0 Å². The Morgan fingerprint density at radius 3 is 3.22 bits per heavy atom. The van der Waals surface area contributed by atoms with Crippen LogP contribution < -0.4 is 10.6 Å². The standard InChI is InChI=1S/C12H17N5O/c1-8-9(13)4-2-6-17(8)12-14-11(15-16-12)10-5-3-7-18-10/h3,5,7-9H,2,4,6,13H2,1H3,(H,14,15,16). The van der Waals surface area contributed by atoms with E-state index in [0.717, 1.165) is 19.4 Å². The predicted octanol–water partition coefficient (Wildman–Crippen LogP) is 1.38. The summed E-state index contributed by atoms with van der Waals surface area (Å²) >= 11 is 0. The van der Waals surface area contributed by atoms with Gasteiger partial charge < -0.3 is 15.1 Å². The third-order valence-corrected chi connectivity index (χ3v) is 3.53. The van der Waals surface area contributed by atoms with Crippen molar-refractivity contribution in [3.63, 3.8) is 0 Å². The molecule has 3 rings (SSSR count). The monoisotopic (exact) mass is 247 g/mol. The molecule has 6 nitrogen and oxygen atoms in total. The molecule has 1 aliphatic heterocycles. The number of furan rings is 1. The number of aromatic amines is 1. The molecule has 0 aromatic carbocycles. The summed E-state index contributed by atoms with van der Waals surface area (Å²) in [6.45, 7) is 3.07. The Labute approximate surface area is 105 Å². The maximum atomic E-state index is 6.08. The highest BCUT2D eigenvalue weighted by molar-refractivity contribution is 5.49. The van der Waals surface area contributed by atoms with Crippen LogP contribution in [-0.4, -0.2) is 33.8 Å². The minimum Gasteiger partial charge on any atom is -0.461 e. The fourth-order valence-electron chi connectivity index (χ4n) is 2.36. The molecule has 3 heterocycles. The Hall–Kier alpha value is -1.82. The van der Waals surface area contributed by atoms with Gasteiger partial charge >= 0.3 is 0 Å². The number of nitrogens with two attached hydrogens (primary N) is 1. The molecule has 0 spiro atoms.